The van der Waals surface area contributed by atoms with E-state index in [1.54, 1.807) is 0 Å². The van der Waals surface area contributed by atoms with Crippen LogP contribution in [-0.4, -0.2) is 38.6 Å². The molecule has 1 rings (SSSR count). The number of nitrogens with zero attached hydrogens (tertiary/aromatic N) is 1. The topological polar surface area (TPSA) is 63.7 Å². The van der Waals surface area contributed by atoms with Gasteiger partial charge in [0.2, 0.25) is 10.0 Å². The van der Waals surface area contributed by atoms with E-state index in [0.29, 0.717) is 6.07 Å². The van der Waals surface area contributed by atoms with Gasteiger partial charge in [-0.3, -0.25) is 0 Å². The smallest absolute Gasteiger partial charge is 0.340 e. The molecule has 1 aromatic carbocycles. The first kappa shape index (κ1) is 18.5. The second-order valence-corrected chi connectivity index (χ2v) is 7.35. The number of carbonyl (C=O) groups excluding carboxylic acids is 1. The summed E-state index contributed by atoms with van der Waals surface area (Å²) >= 11 is 0. The average Bonchev–Trinajstić information content (AvgIpc) is 2.39. The quantitative estimate of drug-likeness (QED) is 0.748. The van der Waals surface area contributed by atoms with Crippen molar-refractivity contribution < 1.29 is 26.7 Å². The first-order valence-corrected chi connectivity index (χ1v) is 8.42. The van der Waals surface area contributed by atoms with Crippen LogP contribution in [0.3, 0.4) is 0 Å². The summed E-state index contributed by atoms with van der Waals surface area (Å²) in [7, 11) is -2.51. The van der Waals surface area contributed by atoms with Gasteiger partial charge in [0, 0.05) is 18.7 Å². The third-order valence-corrected chi connectivity index (χ3v) is 4.14. The summed E-state index contributed by atoms with van der Waals surface area (Å²) in [5, 5.41) is 0. The fraction of sp³-hybridized carbons (Fsp3) is 0.500. The van der Waals surface area contributed by atoms with Gasteiger partial charge in [-0.25, -0.2) is 22.0 Å². The summed E-state index contributed by atoms with van der Waals surface area (Å²) in [6.45, 7) is 3.50. The minimum Gasteiger partial charge on any atom is -0.465 e. The molecule has 0 saturated heterocycles. The molecule has 0 bridgehead atoms. The SMILES string of the molecule is COC(=O)c1cc(F)c(CN(CC(C)C)S(C)(=O)=O)cc1F. The Morgan fingerprint density at radius 3 is 2.32 bits per heavy atom. The molecule has 0 amide bonds. The zero-order chi connectivity index (χ0) is 17.1. The van der Waals surface area contributed by atoms with E-state index in [-0.39, 0.29) is 24.6 Å². The Bertz CT molecular complexity index is 659. The van der Waals surface area contributed by atoms with Crippen LogP contribution in [0.25, 0.3) is 0 Å². The molecule has 0 spiro atoms. The Balaban J connectivity index is 3.16. The maximum absolute atomic E-state index is 14.0. The second-order valence-electron chi connectivity index (χ2n) is 5.36. The molecule has 0 fully saturated rings. The lowest BCUT2D eigenvalue weighted by Gasteiger charge is -2.22. The van der Waals surface area contributed by atoms with E-state index >= 15 is 0 Å². The van der Waals surface area contributed by atoms with E-state index in [4.69, 9.17) is 0 Å². The molecule has 0 saturated carbocycles. The van der Waals surface area contributed by atoms with E-state index in [0.717, 1.165) is 23.7 Å². The molecule has 0 atom stereocenters. The normalized spacial score (nSPS) is 12.0. The van der Waals surface area contributed by atoms with Gasteiger partial charge in [0.1, 0.15) is 11.6 Å². The summed E-state index contributed by atoms with van der Waals surface area (Å²) in [5.41, 5.74) is -0.672. The predicted molar refractivity (Wildman–Crippen MR) is 77.8 cm³/mol. The van der Waals surface area contributed by atoms with Crippen LogP contribution in [0.15, 0.2) is 12.1 Å². The molecule has 0 N–H and O–H groups in total. The minimum absolute atomic E-state index is 0.0250. The van der Waals surface area contributed by atoms with E-state index < -0.39 is 33.2 Å². The van der Waals surface area contributed by atoms with Gasteiger partial charge in [0.05, 0.1) is 18.9 Å². The standard InChI is InChI=1S/C14H19F2NO4S/c1-9(2)7-17(22(4,19)20)8-10-5-13(16)11(6-12(10)15)14(18)21-3/h5-6,9H,7-8H2,1-4H3. The van der Waals surface area contributed by atoms with Crippen LogP contribution < -0.4 is 0 Å². The van der Waals surface area contributed by atoms with Crippen LogP contribution in [0.5, 0.6) is 0 Å². The Kier molecular flexibility index (Phi) is 6.01. The molecule has 8 heteroatoms. The molecule has 0 aromatic heterocycles. The second kappa shape index (κ2) is 7.15. The third-order valence-electron chi connectivity index (χ3n) is 2.93. The molecule has 0 unspecified atom stereocenters. The van der Waals surface area contributed by atoms with Crippen molar-refractivity contribution >= 4 is 16.0 Å². The molecule has 22 heavy (non-hydrogen) atoms. The first-order valence-electron chi connectivity index (χ1n) is 6.57. The van der Waals surface area contributed by atoms with Gasteiger partial charge in [0.25, 0.3) is 0 Å². The van der Waals surface area contributed by atoms with Crippen molar-refractivity contribution in [1.82, 2.24) is 4.31 Å². The molecule has 0 aliphatic carbocycles. The van der Waals surface area contributed by atoms with Crippen molar-refractivity contribution in [2.75, 3.05) is 19.9 Å². The fourth-order valence-corrected chi connectivity index (χ4v) is 2.83. The zero-order valence-electron chi connectivity index (χ0n) is 12.9. The van der Waals surface area contributed by atoms with Crippen molar-refractivity contribution in [3.05, 3.63) is 34.9 Å². The largest absolute Gasteiger partial charge is 0.465 e. The monoisotopic (exact) mass is 335 g/mol. The Morgan fingerprint density at radius 2 is 1.86 bits per heavy atom. The van der Waals surface area contributed by atoms with E-state index in [9.17, 15) is 22.0 Å². The molecule has 0 radical (unpaired) electrons. The first-order chi connectivity index (χ1) is 10.1. The summed E-state index contributed by atoms with van der Waals surface area (Å²) in [5.74, 6) is -2.79. The lowest BCUT2D eigenvalue weighted by Crippen LogP contribution is -2.33. The Labute approximate surface area is 128 Å². The van der Waals surface area contributed by atoms with E-state index in [1.807, 2.05) is 13.8 Å². The summed E-state index contributed by atoms with van der Waals surface area (Å²) in [6.07, 6.45) is 1.01. The van der Waals surface area contributed by atoms with Crippen LogP contribution in [0.4, 0.5) is 8.78 Å². The number of benzene rings is 1. The van der Waals surface area contributed by atoms with Crippen molar-refractivity contribution in [2.24, 2.45) is 5.92 Å². The van der Waals surface area contributed by atoms with Crippen LogP contribution in [0, 0.1) is 17.6 Å². The lowest BCUT2D eigenvalue weighted by molar-refractivity contribution is 0.0594. The highest BCUT2D eigenvalue weighted by molar-refractivity contribution is 7.88. The number of ether oxygens (including phenoxy) is 1. The average molecular weight is 335 g/mol. The van der Waals surface area contributed by atoms with Crippen molar-refractivity contribution in [3.63, 3.8) is 0 Å². The predicted octanol–water partition coefficient (Wildman–Crippen LogP) is 2.17. The van der Waals surface area contributed by atoms with Gasteiger partial charge in [-0.2, -0.15) is 4.31 Å². The summed E-state index contributed by atoms with van der Waals surface area (Å²) < 4.78 is 56.7. The number of sulfonamides is 1. The van der Waals surface area contributed by atoms with Crippen LogP contribution >= 0.6 is 0 Å². The van der Waals surface area contributed by atoms with Gasteiger partial charge in [-0.15, -0.1) is 0 Å². The van der Waals surface area contributed by atoms with Crippen LogP contribution in [0.1, 0.15) is 29.8 Å². The number of hydrogen-bond donors (Lipinski definition) is 0. The highest BCUT2D eigenvalue weighted by atomic mass is 32.2. The fourth-order valence-electron chi connectivity index (χ4n) is 1.89. The molecule has 0 heterocycles. The van der Waals surface area contributed by atoms with Gasteiger partial charge in [0.15, 0.2) is 0 Å². The maximum Gasteiger partial charge on any atom is 0.340 e. The number of carbonyl (C=O) groups is 1. The van der Waals surface area contributed by atoms with Gasteiger partial charge >= 0.3 is 5.97 Å². The molecular weight excluding hydrogens is 316 g/mol. The number of halogens is 2. The molecular formula is C14H19F2NO4S. The third kappa shape index (κ3) is 4.74. The molecule has 0 aliphatic rings. The van der Waals surface area contributed by atoms with E-state index in [2.05, 4.69) is 4.74 Å². The van der Waals surface area contributed by atoms with Crippen molar-refractivity contribution in [1.29, 1.82) is 0 Å². The summed E-state index contributed by atoms with van der Waals surface area (Å²) in [6, 6.07) is 1.53. The van der Waals surface area contributed by atoms with Crippen LogP contribution in [-0.2, 0) is 21.3 Å². The zero-order valence-corrected chi connectivity index (χ0v) is 13.7. The molecule has 0 aliphatic heterocycles. The number of methoxy groups -OCH3 is 1. The molecule has 124 valence electrons. The molecule has 1 aromatic rings. The van der Waals surface area contributed by atoms with Gasteiger partial charge < -0.3 is 4.74 Å². The van der Waals surface area contributed by atoms with E-state index in [1.165, 1.54) is 0 Å². The number of rotatable bonds is 6. The van der Waals surface area contributed by atoms with Crippen molar-refractivity contribution in [2.45, 2.75) is 20.4 Å². The molecule has 5 nitrogen and oxygen atoms in total. The highest BCUT2D eigenvalue weighted by Gasteiger charge is 2.22. The Hall–Kier alpha value is -1.54. The van der Waals surface area contributed by atoms with Gasteiger partial charge in [-0.1, -0.05) is 13.8 Å². The number of esters is 1. The van der Waals surface area contributed by atoms with Gasteiger partial charge in [-0.05, 0) is 18.1 Å². The number of hydrogen-bond acceptors (Lipinski definition) is 4. The highest BCUT2D eigenvalue weighted by Crippen LogP contribution is 2.19. The Morgan fingerprint density at radius 1 is 1.27 bits per heavy atom. The summed E-state index contributed by atoms with van der Waals surface area (Å²) in [4.78, 5) is 11.3. The van der Waals surface area contributed by atoms with Crippen LogP contribution in [0.2, 0.25) is 0 Å². The minimum atomic E-state index is -3.57. The lowest BCUT2D eigenvalue weighted by atomic mass is 10.1. The van der Waals surface area contributed by atoms with Crippen molar-refractivity contribution in [3.8, 4) is 0 Å². The maximum atomic E-state index is 14.0.